The Morgan fingerprint density at radius 1 is 0.281 bits per heavy atom. The van der Waals surface area contributed by atoms with Gasteiger partial charge in [0.15, 0.2) is 5.82 Å². The van der Waals surface area contributed by atoms with Crippen molar-refractivity contribution >= 4 is 65.8 Å². The van der Waals surface area contributed by atoms with Crippen molar-refractivity contribution < 1.29 is 13.3 Å². The quantitative estimate of drug-likeness (QED) is 0.176. The molecule has 0 aliphatic heterocycles. The molecule has 0 N–H and O–H groups in total. The van der Waals surface area contributed by atoms with Gasteiger partial charge in [0.05, 0.1) is 11.4 Å². The molecule has 0 aliphatic rings. The van der Waals surface area contributed by atoms with Crippen molar-refractivity contribution in [2.45, 2.75) is 0 Å². The third-order valence-electron chi connectivity index (χ3n) is 11.1. The number of benzene rings is 8. The van der Waals surface area contributed by atoms with Crippen LogP contribution in [0.4, 0.5) is 0 Å². The van der Waals surface area contributed by atoms with E-state index in [-0.39, 0.29) is 0 Å². The summed E-state index contributed by atoms with van der Waals surface area (Å²) in [6.07, 6.45) is 0. The lowest BCUT2D eigenvalue weighted by atomic mass is 9.93. The van der Waals surface area contributed by atoms with Gasteiger partial charge in [-0.2, -0.15) is 0 Å². The molecule has 57 heavy (non-hydrogen) atoms. The van der Waals surface area contributed by atoms with Crippen LogP contribution in [0.5, 0.6) is 0 Å². The van der Waals surface area contributed by atoms with Gasteiger partial charge >= 0.3 is 0 Å². The lowest BCUT2D eigenvalue weighted by Crippen LogP contribution is -1.96. The molecule has 0 bridgehead atoms. The molecule has 0 atom stereocenters. The summed E-state index contributed by atoms with van der Waals surface area (Å²) in [4.78, 5) is 10.4. The lowest BCUT2D eigenvalue weighted by Gasteiger charge is -2.13. The molecule has 4 aromatic heterocycles. The van der Waals surface area contributed by atoms with E-state index in [1.165, 1.54) is 0 Å². The zero-order valence-corrected chi connectivity index (χ0v) is 30.4. The van der Waals surface area contributed by atoms with Crippen molar-refractivity contribution in [1.82, 2.24) is 9.97 Å². The minimum atomic E-state index is 0.644. The van der Waals surface area contributed by atoms with Crippen LogP contribution < -0.4 is 0 Å². The van der Waals surface area contributed by atoms with Crippen LogP contribution in [0.25, 0.3) is 122 Å². The summed E-state index contributed by atoms with van der Waals surface area (Å²) in [5.74, 6) is 0.644. The predicted octanol–water partition coefficient (Wildman–Crippen LogP) is 14.5. The SMILES string of the molecule is c1ccc(-c2nc(-c3cc(-c4ccc5oc6ccccc6c5c4)cc(-c4cccc5c4oc4ccccc45)c3)cc(-c3ccc4c(c3)oc3ccccc34)n2)cc1. The van der Waals surface area contributed by atoms with Crippen molar-refractivity contribution in [3.05, 3.63) is 182 Å². The summed E-state index contributed by atoms with van der Waals surface area (Å²) in [6, 6.07) is 62.7. The molecule has 266 valence electrons. The fourth-order valence-corrected chi connectivity index (χ4v) is 8.32. The summed E-state index contributed by atoms with van der Waals surface area (Å²) in [5.41, 5.74) is 13.7. The molecule has 0 saturated carbocycles. The minimum absolute atomic E-state index is 0.644. The Morgan fingerprint density at radius 2 is 0.842 bits per heavy atom. The molecule has 0 radical (unpaired) electrons. The topological polar surface area (TPSA) is 65.2 Å². The average Bonchev–Trinajstić information content (AvgIpc) is 3.97. The second-order valence-electron chi connectivity index (χ2n) is 14.5. The zero-order chi connectivity index (χ0) is 37.5. The third kappa shape index (κ3) is 5.17. The Kier molecular flexibility index (Phi) is 6.86. The van der Waals surface area contributed by atoms with Gasteiger partial charge in [-0.25, -0.2) is 9.97 Å². The first-order valence-corrected chi connectivity index (χ1v) is 19.0. The zero-order valence-electron chi connectivity index (χ0n) is 30.4. The van der Waals surface area contributed by atoms with Gasteiger partial charge in [-0.1, -0.05) is 115 Å². The Morgan fingerprint density at radius 3 is 1.63 bits per heavy atom. The molecule has 5 nitrogen and oxygen atoms in total. The third-order valence-corrected chi connectivity index (χ3v) is 11.1. The first-order chi connectivity index (χ1) is 28.2. The second-order valence-corrected chi connectivity index (χ2v) is 14.5. The Bertz CT molecular complexity index is 3540. The van der Waals surface area contributed by atoms with Crippen LogP contribution in [0.3, 0.4) is 0 Å². The first kappa shape index (κ1) is 31.6. The summed E-state index contributed by atoms with van der Waals surface area (Å²) < 4.78 is 19.1. The number of hydrogen-bond donors (Lipinski definition) is 0. The first-order valence-electron chi connectivity index (χ1n) is 19.0. The monoisotopic (exact) mass is 730 g/mol. The number of fused-ring (bicyclic) bond motifs is 9. The van der Waals surface area contributed by atoms with E-state index >= 15 is 0 Å². The summed E-state index contributed by atoms with van der Waals surface area (Å²) in [7, 11) is 0. The Balaban J connectivity index is 1.10. The highest BCUT2D eigenvalue weighted by molar-refractivity contribution is 6.10. The van der Waals surface area contributed by atoms with Gasteiger partial charge in [0, 0.05) is 54.6 Å². The number of hydrogen-bond acceptors (Lipinski definition) is 5. The van der Waals surface area contributed by atoms with E-state index in [1.807, 2.05) is 60.7 Å². The van der Waals surface area contributed by atoms with Crippen LogP contribution in [-0.2, 0) is 0 Å². The van der Waals surface area contributed by atoms with Crippen molar-refractivity contribution in [3.63, 3.8) is 0 Å². The maximum Gasteiger partial charge on any atom is 0.160 e. The van der Waals surface area contributed by atoms with Gasteiger partial charge in [-0.3, -0.25) is 0 Å². The van der Waals surface area contributed by atoms with E-state index in [2.05, 4.69) is 121 Å². The predicted molar refractivity (Wildman–Crippen MR) is 231 cm³/mol. The molecule has 5 heteroatoms. The fourth-order valence-electron chi connectivity index (χ4n) is 8.32. The van der Waals surface area contributed by atoms with Crippen LogP contribution in [0.15, 0.2) is 195 Å². The molecule has 0 fully saturated rings. The van der Waals surface area contributed by atoms with Gasteiger partial charge in [-0.05, 0) is 83.4 Å². The van der Waals surface area contributed by atoms with Crippen molar-refractivity contribution in [2.24, 2.45) is 0 Å². The van der Waals surface area contributed by atoms with E-state index in [1.54, 1.807) is 0 Å². The highest BCUT2D eigenvalue weighted by Gasteiger charge is 2.18. The van der Waals surface area contributed by atoms with Crippen molar-refractivity contribution in [1.29, 1.82) is 0 Å². The normalized spacial score (nSPS) is 11.9. The standard InChI is InChI=1S/C52H30N2O3/c1-2-11-31(12-3-1)52-53-44(33-21-23-41-38-13-4-7-18-46(38)56-50(41)29-33)30-45(54-52)36-26-34(32-22-24-49-43(28-32)40-15-6-8-19-47(40)55-49)25-35(27-36)37-16-10-17-42-39-14-5-9-20-48(39)57-51(37)42/h1-30H. The molecule has 0 saturated heterocycles. The molecule has 0 amide bonds. The smallest absolute Gasteiger partial charge is 0.160 e. The maximum atomic E-state index is 6.59. The molecule has 4 heterocycles. The van der Waals surface area contributed by atoms with Crippen LogP contribution in [0, 0.1) is 0 Å². The van der Waals surface area contributed by atoms with Gasteiger partial charge in [0.1, 0.15) is 33.5 Å². The number of furan rings is 3. The van der Waals surface area contributed by atoms with Crippen molar-refractivity contribution in [3.8, 4) is 56.2 Å². The maximum absolute atomic E-state index is 6.59. The molecular formula is C52H30N2O3. The number of para-hydroxylation sites is 4. The van der Waals surface area contributed by atoms with E-state index in [0.29, 0.717) is 5.82 Å². The van der Waals surface area contributed by atoms with Gasteiger partial charge in [-0.15, -0.1) is 0 Å². The molecule has 0 unspecified atom stereocenters. The number of rotatable bonds is 5. The number of nitrogens with zero attached hydrogens (tertiary/aromatic N) is 2. The average molecular weight is 731 g/mol. The molecule has 12 rings (SSSR count). The van der Waals surface area contributed by atoms with E-state index in [0.717, 1.165) is 116 Å². The molecule has 0 spiro atoms. The Hall–Kier alpha value is -7.76. The van der Waals surface area contributed by atoms with Gasteiger partial charge < -0.3 is 13.3 Å². The minimum Gasteiger partial charge on any atom is -0.456 e. The van der Waals surface area contributed by atoms with Gasteiger partial charge in [0.25, 0.3) is 0 Å². The largest absolute Gasteiger partial charge is 0.456 e. The highest BCUT2D eigenvalue weighted by atomic mass is 16.3. The lowest BCUT2D eigenvalue weighted by molar-refractivity contribution is 0.668. The molecular weight excluding hydrogens is 701 g/mol. The molecule has 0 aliphatic carbocycles. The van der Waals surface area contributed by atoms with E-state index in [9.17, 15) is 0 Å². The van der Waals surface area contributed by atoms with E-state index in [4.69, 9.17) is 23.2 Å². The second kappa shape index (κ2) is 12.4. The highest BCUT2D eigenvalue weighted by Crippen LogP contribution is 2.41. The van der Waals surface area contributed by atoms with Crippen LogP contribution in [0.1, 0.15) is 0 Å². The number of aromatic nitrogens is 2. The summed E-state index contributed by atoms with van der Waals surface area (Å²) >= 11 is 0. The molecule has 8 aromatic carbocycles. The van der Waals surface area contributed by atoms with Gasteiger partial charge in [0.2, 0.25) is 0 Å². The Labute approximate surface area is 326 Å². The molecule has 12 aromatic rings. The van der Waals surface area contributed by atoms with Crippen molar-refractivity contribution in [2.75, 3.05) is 0 Å². The summed E-state index contributed by atoms with van der Waals surface area (Å²) in [5, 5.41) is 6.51. The van der Waals surface area contributed by atoms with Crippen LogP contribution in [-0.4, -0.2) is 9.97 Å². The van der Waals surface area contributed by atoms with Crippen LogP contribution in [0.2, 0.25) is 0 Å². The fraction of sp³-hybridized carbons (Fsp3) is 0. The van der Waals surface area contributed by atoms with E-state index < -0.39 is 0 Å². The summed E-state index contributed by atoms with van der Waals surface area (Å²) in [6.45, 7) is 0. The van der Waals surface area contributed by atoms with Crippen LogP contribution >= 0.6 is 0 Å².